The number of ether oxygens (including phenoxy) is 1. The molecule has 2 aromatic heterocycles. The van der Waals surface area contributed by atoms with E-state index in [-0.39, 0.29) is 5.91 Å². The zero-order valence-electron chi connectivity index (χ0n) is 12.9. The smallest absolute Gasteiger partial charge is 0.272 e. The zero-order chi connectivity index (χ0) is 16.2. The van der Waals surface area contributed by atoms with Gasteiger partial charge in [0.05, 0.1) is 16.8 Å². The molecule has 0 spiro atoms. The predicted molar refractivity (Wildman–Crippen MR) is 95.9 cm³/mol. The molecule has 0 unspecified atom stereocenters. The molecule has 23 heavy (non-hydrogen) atoms. The number of rotatable bonds is 4. The molecule has 0 atom stereocenters. The Kier molecular flexibility index (Phi) is 4.73. The summed E-state index contributed by atoms with van der Waals surface area (Å²) >= 11 is 3.07. The van der Waals surface area contributed by atoms with Crippen LogP contribution in [0.4, 0.5) is 0 Å². The van der Waals surface area contributed by atoms with Crippen LogP contribution in [0.5, 0.6) is 5.75 Å². The summed E-state index contributed by atoms with van der Waals surface area (Å²) in [5, 5.41) is 1.98. The molecular weight excluding hydrogens is 328 g/mol. The van der Waals surface area contributed by atoms with E-state index in [0.717, 1.165) is 20.8 Å². The van der Waals surface area contributed by atoms with Gasteiger partial charge >= 0.3 is 0 Å². The highest BCUT2D eigenvalue weighted by Gasteiger charge is 2.05. The quantitative estimate of drug-likeness (QED) is 0.675. The number of thiazole rings is 1. The van der Waals surface area contributed by atoms with Crippen LogP contribution in [-0.4, -0.2) is 17.1 Å². The molecule has 4 nitrogen and oxygen atoms in total. The van der Waals surface area contributed by atoms with E-state index in [4.69, 9.17) is 4.74 Å². The topological polar surface area (TPSA) is 43.6 Å². The first kappa shape index (κ1) is 15.7. The molecule has 0 fully saturated rings. The summed E-state index contributed by atoms with van der Waals surface area (Å²) < 4.78 is 8.49. The van der Waals surface area contributed by atoms with Gasteiger partial charge in [-0.25, -0.2) is 0 Å². The lowest BCUT2D eigenvalue weighted by Gasteiger charge is -2.02. The maximum Gasteiger partial charge on any atom is 0.272 e. The minimum Gasteiger partial charge on any atom is -0.494 e. The number of fused-ring (bicyclic) bond motifs is 1. The number of benzene rings is 1. The standard InChI is InChI=1S/C17H16N2O2S2/c1-3-21-12-6-8-14-15(11-12)23-17(19(14)2)18-16(20)9-7-13-5-4-10-22-13/h4-11H,3H2,1-2H3. The lowest BCUT2D eigenvalue weighted by molar-refractivity contribution is -0.113. The number of carbonyl (C=O) groups is 1. The number of aryl methyl sites for hydroxylation is 1. The van der Waals surface area contributed by atoms with Crippen LogP contribution < -0.4 is 9.54 Å². The Morgan fingerprint density at radius 1 is 1.39 bits per heavy atom. The van der Waals surface area contributed by atoms with Gasteiger partial charge in [0.25, 0.3) is 5.91 Å². The maximum atomic E-state index is 12.0. The summed E-state index contributed by atoms with van der Waals surface area (Å²) in [6.07, 6.45) is 3.29. The van der Waals surface area contributed by atoms with Crippen molar-refractivity contribution in [2.75, 3.05) is 6.61 Å². The molecule has 0 radical (unpaired) electrons. The number of hydrogen-bond acceptors (Lipinski definition) is 4. The van der Waals surface area contributed by atoms with Gasteiger partial charge in [0, 0.05) is 18.0 Å². The van der Waals surface area contributed by atoms with E-state index in [1.165, 1.54) is 17.4 Å². The van der Waals surface area contributed by atoms with Crippen LogP contribution in [-0.2, 0) is 11.8 Å². The molecular formula is C17H16N2O2S2. The minimum absolute atomic E-state index is 0.259. The Labute approximate surface area is 142 Å². The molecule has 0 aliphatic carbocycles. The number of amides is 1. The summed E-state index contributed by atoms with van der Waals surface area (Å²) in [6.45, 7) is 2.59. The highest BCUT2D eigenvalue weighted by molar-refractivity contribution is 7.16. The van der Waals surface area contributed by atoms with Gasteiger partial charge in [-0.05, 0) is 42.6 Å². The van der Waals surface area contributed by atoms with Crippen molar-refractivity contribution in [3.63, 3.8) is 0 Å². The summed E-state index contributed by atoms with van der Waals surface area (Å²) in [5.74, 6) is 0.572. The lowest BCUT2D eigenvalue weighted by Crippen LogP contribution is -2.12. The lowest BCUT2D eigenvalue weighted by atomic mass is 10.3. The molecule has 0 N–H and O–H groups in total. The van der Waals surface area contributed by atoms with Crippen molar-refractivity contribution in [1.29, 1.82) is 0 Å². The molecule has 1 aromatic carbocycles. The van der Waals surface area contributed by atoms with Gasteiger partial charge in [0.1, 0.15) is 5.75 Å². The first-order valence-electron chi connectivity index (χ1n) is 7.20. The summed E-state index contributed by atoms with van der Waals surface area (Å²) in [6, 6.07) is 9.81. The second-order valence-corrected chi connectivity index (χ2v) is 6.79. The van der Waals surface area contributed by atoms with E-state index < -0.39 is 0 Å². The number of carbonyl (C=O) groups excluding carboxylic acids is 1. The molecule has 0 saturated heterocycles. The Balaban J connectivity index is 1.92. The third kappa shape index (κ3) is 3.60. The van der Waals surface area contributed by atoms with Crippen molar-refractivity contribution >= 4 is 44.9 Å². The molecule has 0 aliphatic rings. The number of thiophene rings is 1. The van der Waals surface area contributed by atoms with Crippen molar-refractivity contribution < 1.29 is 9.53 Å². The molecule has 118 valence electrons. The number of nitrogens with zero attached hydrogens (tertiary/aromatic N) is 2. The van der Waals surface area contributed by atoms with E-state index in [0.29, 0.717) is 11.4 Å². The summed E-state index contributed by atoms with van der Waals surface area (Å²) in [4.78, 5) is 17.9. The van der Waals surface area contributed by atoms with E-state index in [1.54, 1.807) is 17.4 Å². The van der Waals surface area contributed by atoms with Gasteiger partial charge in [-0.3, -0.25) is 4.79 Å². The van der Waals surface area contributed by atoms with Crippen LogP contribution >= 0.6 is 22.7 Å². The summed E-state index contributed by atoms with van der Waals surface area (Å²) in [5.41, 5.74) is 1.03. The van der Waals surface area contributed by atoms with Crippen molar-refractivity contribution in [3.8, 4) is 5.75 Å². The third-order valence-corrected chi connectivity index (χ3v) is 5.16. The predicted octanol–water partition coefficient (Wildman–Crippen LogP) is 3.84. The van der Waals surface area contributed by atoms with Crippen LogP contribution in [0, 0.1) is 0 Å². The van der Waals surface area contributed by atoms with Crippen molar-refractivity contribution in [2.24, 2.45) is 12.0 Å². The first-order valence-corrected chi connectivity index (χ1v) is 8.89. The SMILES string of the molecule is CCOc1ccc2c(c1)sc(=NC(=O)C=Cc1cccs1)n2C. The summed E-state index contributed by atoms with van der Waals surface area (Å²) in [7, 11) is 1.91. The fraction of sp³-hybridized carbons (Fsp3) is 0.176. The molecule has 0 aliphatic heterocycles. The molecule has 6 heteroatoms. The van der Waals surface area contributed by atoms with Gasteiger partial charge in [0.2, 0.25) is 0 Å². The van der Waals surface area contributed by atoms with Gasteiger partial charge in [0.15, 0.2) is 4.80 Å². The molecule has 0 bridgehead atoms. The van der Waals surface area contributed by atoms with Crippen LogP contribution in [0.2, 0.25) is 0 Å². The van der Waals surface area contributed by atoms with Crippen LogP contribution in [0.1, 0.15) is 11.8 Å². The van der Waals surface area contributed by atoms with Gasteiger partial charge < -0.3 is 9.30 Å². The average Bonchev–Trinajstić information content (AvgIpc) is 3.15. The van der Waals surface area contributed by atoms with Gasteiger partial charge in [-0.1, -0.05) is 17.4 Å². The molecule has 1 amide bonds. The maximum absolute atomic E-state index is 12.0. The van der Waals surface area contributed by atoms with Gasteiger partial charge in [-0.15, -0.1) is 11.3 Å². The second-order valence-electron chi connectivity index (χ2n) is 4.80. The molecule has 2 heterocycles. The largest absolute Gasteiger partial charge is 0.494 e. The normalized spacial score (nSPS) is 12.3. The van der Waals surface area contributed by atoms with Gasteiger partial charge in [-0.2, -0.15) is 4.99 Å². The number of aromatic nitrogens is 1. The fourth-order valence-electron chi connectivity index (χ4n) is 2.15. The Hall–Kier alpha value is -2.18. The van der Waals surface area contributed by atoms with E-state index >= 15 is 0 Å². The van der Waals surface area contributed by atoms with E-state index in [2.05, 4.69) is 4.99 Å². The van der Waals surface area contributed by atoms with Crippen LogP contribution in [0.15, 0.2) is 46.8 Å². The van der Waals surface area contributed by atoms with E-state index in [1.807, 2.05) is 54.3 Å². The molecule has 0 saturated carbocycles. The monoisotopic (exact) mass is 344 g/mol. The highest BCUT2D eigenvalue weighted by atomic mass is 32.1. The number of hydrogen-bond donors (Lipinski definition) is 0. The van der Waals surface area contributed by atoms with Crippen LogP contribution in [0.25, 0.3) is 16.3 Å². The van der Waals surface area contributed by atoms with Crippen molar-refractivity contribution in [1.82, 2.24) is 4.57 Å². The molecule has 3 rings (SSSR count). The van der Waals surface area contributed by atoms with Crippen molar-refractivity contribution in [3.05, 3.63) is 51.5 Å². The Morgan fingerprint density at radius 2 is 2.26 bits per heavy atom. The fourth-order valence-corrected chi connectivity index (χ4v) is 3.82. The van der Waals surface area contributed by atoms with Crippen molar-refractivity contribution in [2.45, 2.75) is 6.92 Å². The average molecular weight is 344 g/mol. The first-order chi connectivity index (χ1) is 11.2. The highest BCUT2D eigenvalue weighted by Crippen LogP contribution is 2.22. The van der Waals surface area contributed by atoms with E-state index in [9.17, 15) is 4.79 Å². The molecule has 3 aromatic rings. The Morgan fingerprint density at radius 3 is 3.00 bits per heavy atom. The minimum atomic E-state index is -0.259. The second kappa shape index (κ2) is 6.93. The third-order valence-electron chi connectivity index (χ3n) is 3.23. The zero-order valence-corrected chi connectivity index (χ0v) is 14.5. The van der Waals surface area contributed by atoms with Crippen LogP contribution in [0.3, 0.4) is 0 Å². The Bertz CT molecular complexity index is 918.